The van der Waals surface area contributed by atoms with Gasteiger partial charge in [0.25, 0.3) is 0 Å². The average Bonchev–Trinajstić information content (AvgIpc) is 2.05. The van der Waals surface area contributed by atoms with Gasteiger partial charge in [-0.25, -0.2) is 0 Å². The number of rotatable bonds is 3. The SMILES string of the molecule is CC(=O)OCSc1[c]cccc1. The molecular formula is C9H9O2S. The Labute approximate surface area is 75.9 Å². The molecule has 0 saturated heterocycles. The zero-order chi connectivity index (χ0) is 8.81. The van der Waals surface area contributed by atoms with Gasteiger partial charge in [-0.05, 0) is 12.1 Å². The van der Waals surface area contributed by atoms with Crippen LogP contribution in [0.25, 0.3) is 0 Å². The number of hydrogen-bond acceptors (Lipinski definition) is 3. The van der Waals surface area contributed by atoms with Crippen molar-refractivity contribution in [2.24, 2.45) is 0 Å². The van der Waals surface area contributed by atoms with Crippen molar-refractivity contribution >= 4 is 17.7 Å². The Balaban J connectivity index is 2.29. The second-order valence-corrected chi connectivity index (χ2v) is 3.09. The fourth-order valence-electron chi connectivity index (χ4n) is 0.643. The van der Waals surface area contributed by atoms with E-state index in [1.54, 1.807) is 0 Å². The number of thioether (sulfide) groups is 1. The summed E-state index contributed by atoms with van der Waals surface area (Å²) >= 11 is 1.45. The molecule has 0 N–H and O–H groups in total. The lowest BCUT2D eigenvalue weighted by Gasteiger charge is -2.00. The third kappa shape index (κ3) is 3.44. The van der Waals surface area contributed by atoms with Gasteiger partial charge in [0, 0.05) is 11.8 Å². The van der Waals surface area contributed by atoms with Gasteiger partial charge >= 0.3 is 5.97 Å². The number of carbonyl (C=O) groups excluding carboxylic acids is 1. The first-order valence-corrected chi connectivity index (χ1v) is 4.50. The van der Waals surface area contributed by atoms with E-state index in [1.165, 1.54) is 18.7 Å². The molecule has 0 aliphatic rings. The van der Waals surface area contributed by atoms with Crippen molar-refractivity contribution in [1.82, 2.24) is 0 Å². The van der Waals surface area contributed by atoms with Gasteiger partial charge in [0.2, 0.25) is 0 Å². The number of hydrogen-bond donors (Lipinski definition) is 0. The zero-order valence-electron chi connectivity index (χ0n) is 6.74. The average molecular weight is 181 g/mol. The molecule has 0 spiro atoms. The van der Waals surface area contributed by atoms with Crippen LogP contribution in [0.15, 0.2) is 29.2 Å². The molecule has 0 unspecified atom stereocenters. The lowest BCUT2D eigenvalue weighted by molar-refractivity contribution is -0.138. The fraction of sp³-hybridized carbons (Fsp3) is 0.222. The normalized spacial score (nSPS) is 9.42. The van der Waals surface area contributed by atoms with Crippen LogP contribution in [0.5, 0.6) is 0 Å². The molecule has 3 heteroatoms. The van der Waals surface area contributed by atoms with E-state index in [-0.39, 0.29) is 5.97 Å². The van der Waals surface area contributed by atoms with Gasteiger partial charge in [0.05, 0.1) is 0 Å². The van der Waals surface area contributed by atoms with Gasteiger partial charge in [-0.1, -0.05) is 30.0 Å². The van der Waals surface area contributed by atoms with Crippen LogP contribution < -0.4 is 0 Å². The number of ether oxygens (including phenoxy) is 1. The molecule has 0 heterocycles. The van der Waals surface area contributed by atoms with E-state index in [4.69, 9.17) is 4.74 Å². The maximum Gasteiger partial charge on any atom is 0.303 e. The second-order valence-electron chi connectivity index (χ2n) is 2.12. The summed E-state index contributed by atoms with van der Waals surface area (Å²) in [6, 6.07) is 10.6. The Morgan fingerprint density at radius 2 is 2.50 bits per heavy atom. The molecule has 0 aromatic heterocycles. The van der Waals surface area contributed by atoms with Crippen LogP contribution in [0.4, 0.5) is 0 Å². The summed E-state index contributed by atoms with van der Waals surface area (Å²) in [6.45, 7) is 1.40. The molecule has 0 fully saturated rings. The Bertz CT molecular complexity index is 246. The first kappa shape index (κ1) is 9.13. The largest absolute Gasteiger partial charge is 0.454 e. The lowest BCUT2D eigenvalue weighted by atomic mass is 10.4. The number of benzene rings is 1. The van der Waals surface area contributed by atoms with Crippen molar-refractivity contribution in [3.05, 3.63) is 30.3 Å². The predicted octanol–water partition coefficient (Wildman–Crippen LogP) is 2.10. The van der Waals surface area contributed by atoms with E-state index in [2.05, 4.69) is 6.07 Å². The van der Waals surface area contributed by atoms with Crippen LogP contribution in [0.1, 0.15) is 6.92 Å². The van der Waals surface area contributed by atoms with Crippen molar-refractivity contribution < 1.29 is 9.53 Å². The van der Waals surface area contributed by atoms with Crippen LogP contribution in [0.3, 0.4) is 0 Å². The molecule has 1 aromatic rings. The molecule has 0 amide bonds. The van der Waals surface area contributed by atoms with E-state index in [9.17, 15) is 4.79 Å². The van der Waals surface area contributed by atoms with E-state index in [0.717, 1.165) is 4.90 Å². The zero-order valence-corrected chi connectivity index (χ0v) is 7.56. The summed E-state index contributed by atoms with van der Waals surface area (Å²) in [4.78, 5) is 11.4. The Kier molecular flexibility index (Phi) is 3.67. The maximum absolute atomic E-state index is 10.4. The van der Waals surface area contributed by atoms with Crippen LogP contribution in [-0.4, -0.2) is 11.9 Å². The molecule has 2 nitrogen and oxygen atoms in total. The molecule has 0 bridgehead atoms. The maximum atomic E-state index is 10.4. The van der Waals surface area contributed by atoms with Gasteiger partial charge in [0.1, 0.15) is 5.94 Å². The highest BCUT2D eigenvalue weighted by Gasteiger charge is 1.94. The van der Waals surface area contributed by atoms with Crippen molar-refractivity contribution in [2.75, 3.05) is 5.94 Å². The molecule has 12 heavy (non-hydrogen) atoms. The molecule has 0 aliphatic heterocycles. The number of carbonyl (C=O) groups is 1. The number of esters is 1. The highest BCUT2D eigenvalue weighted by Crippen LogP contribution is 2.15. The third-order valence-electron chi connectivity index (χ3n) is 1.16. The first-order valence-electron chi connectivity index (χ1n) is 3.52. The summed E-state index contributed by atoms with van der Waals surface area (Å²) in [5.41, 5.74) is 0. The summed E-state index contributed by atoms with van der Waals surface area (Å²) in [7, 11) is 0. The molecule has 0 saturated carbocycles. The van der Waals surface area contributed by atoms with Gasteiger partial charge in [-0.3, -0.25) is 4.79 Å². The molecular weight excluding hydrogens is 172 g/mol. The standard InChI is InChI=1S/C9H9O2S/c1-8(10)11-7-12-9-5-3-2-4-6-9/h2-5H,7H2,1H3. The van der Waals surface area contributed by atoms with Crippen LogP contribution in [-0.2, 0) is 9.53 Å². The first-order chi connectivity index (χ1) is 5.79. The van der Waals surface area contributed by atoms with Gasteiger partial charge in [0.15, 0.2) is 0 Å². The van der Waals surface area contributed by atoms with Crippen molar-refractivity contribution in [3.63, 3.8) is 0 Å². The molecule has 0 aliphatic carbocycles. The smallest absolute Gasteiger partial charge is 0.303 e. The van der Waals surface area contributed by atoms with E-state index < -0.39 is 0 Å². The Hall–Kier alpha value is -0.960. The lowest BCUT2D eigenvalue weighted by Crippen LogP contribution is -1.96. The third-order valence-corrected chi connectivity index (χ3v) is 1.96. The summed E-state index contributed by atoms with van der Waals surface area (Å²) < 4.78 is 4.75. The fourth-order valence-corrected chi connectivity index (χ4v) is 1.32. The summed E-state index contributed by atoms with van der Waals surface area (Å²) in [5.74, 6) is 0.106. The quantitative estimate of drug-likeness (QED) is 0.406. The topological polar surface area (TPSA) is 26.3 Å². The van der Waals surface area contributed by atoms with Crippen molar-refractivity contribution in [1.29, 1.82) is 0 Å². The monoisotopic (exact) mass is 181 g/mol. The van der Waals surface area contributed by atoms with Crippen molar-refractivity contribution in [2.45, 2.75) is 11.8 Å². The van der Waals surface area contributed by atoms with E-state index in [1.807, 2.05) is 24.3 Å². The van der Waals surface area contributed by atoms with Gasteiger partial charge < -0.3 is 4.74 Å². The van der Waals surface area contributed by atoms with E-state index >= 15 is 0 Å². The van der Waals surface area contributed by atoms with Crippen molar-refractivity contribution in [3.8, 4) is 0 Å². The Morgan fingerprint density at radius 1 is 1.67 bits per heavy atom. The molecule has 1 radical (unpaired) electrons. The minimum absolute atomic E-state index is 0.251. The summed E-state index contributed by atoms with van der Waals surface area (Å²) in [5, 5.41) is 0. The van der Waals surface area contributed by atoms with Gasteiger partial charge in [-0.15, -0.1) is 0 Å². The highest BCUT2D eigenvalue weighted by atomic mass is 32.2. The summed E-state index contributed by atoms with van der Waals surface area (Å²) in [6.07, 6.45) is 0. The predicted molar refractivity (Wildman–Crippen MR) is 47.8 cm³/mol. The molecule has 1 rings (SSSR count). The van der Waals surface area contributed by atoms with Gasteiger partial charge in [-0.2, -0.15) is 0 Å². The molecule has 63 valence electrons. The Morgan fingerprint density at radius 3 is 3.08 bits per heavy atom. The molecule has 0 atom stereocenters. The minimum atomic E-state index is -0.251. The van der Waals surface area contributed by atoms with Crippen LogP contribution in [0, 0.1) is 6.07 Å². The molecule has 1 aromatic carbocycles. The second kappa shape index (κ2) is 4.83. The van der Waals surface area contributed by atoms with Crippen LogP contribution in [0.2, 0.25) is 0 Å². The highest BCUT2D eigenvalue weighted by molar-refractivity contribution is 7.99. The van der Waals surface area contributed by atoms with E-state index in [0.29, 0.717) is 5.94 Å². The minimum Gasteiger partial charge on any atom is -0.454 e. The van der Waals surface area contributed by atoms with Crippen LogP contribution >= 0.6 is 11.8 Å².